The fourth-order valence-corrected chi connectivity index (χ4v) is 1.91. The van der Waals surface area contributed by atoms with Gasteiger partial charge in [-0.1, -0.05) is 18.2 Å². The second kappa shape index (κ2) is 7.33. The first-order valence-corrected chi connectivity index (χ1v) is 6.10. The Morgan fingerprint density at radius 1 is 1.44 bits per heavy atom. The Morgan fingerprint density at radius 3 is 2.78 bits per heavy atom. The first kappa shape index (κ1) is 14.0. The van der Waals surface area contributed by atoms with Crippen LogP contribution >= 0.6 is 0 Å². The zero-order chi connectivity index (χ0) is 13.4. The minimum absolute atomic E-state index is 0.132. The Kier molecular flexibility index (Phi) is 5.72. The number of nitriles is 1. The van der Waals surface area contributed by atoms with Crippen LogP contribution in [-0.4, -0.2) is 24.2 Å². The lowest BCUT2D eigenvalue weighted by molar-refractivity contribution is -0.136. The molecule has 4 nitrogen and oxygen atoms in total. The second-order valence-electron chi connectivity index (χ2n) is 4.01. The molecule has 1 aromatic rings. The fraction of sp³-hybridized carbons (Fsp3) is 0.429. The number of aryl methyl sites for hydroxylation is 1. The molecule has 0 heterocycles. The smallest absolute Gasteiger partial charge is 0.303 e. The molecule has 0 aliphatic rings. The van der Waals surface area contributed by atoms with E-state index in [4.69, 9.17) is 10.4 Å². The van der Waals surface area contributed by atoms with Gasteiger partial charge in [0.2, 0.25) is 0 Å². The first-order chi connectivity index (χ1) is 8.69. The number of carboxylic acid groups (broad SMARTS) is 1. The molecule has 1 rings (SSSR count). The molecule has 0 saturated carbocycles. The minimum atomic E-state index is -0.787. The number of rotatable bonds is 7. The maximum Gasteiger partial charge on any atom is 0.303 e. The van der Waals surface area contributed by atoms with Crippen LogP contribution < -0.4 is 4.90 Å². The molecule has 0 aromatic heterocycles. The Labute approximate surface area is 107 Å². The van der Waals surface area contributed by atoms with Crippen LogP contribution in [0.2, 0.25) is 0 Å². The highest BCUT2D eigenvalue weighted by molar-refractivity contribution is 5.68. The lowest BCUT2D eigenvalue weighted by atomic mass is 10.1. The van der Waals surface area contributed by atoms with Crippen LogP contribution in [0.1, 0.15) is 25.3 Å². The van der Waals surface area contributed by atoms with Gasteiger partial charge in [0.1, 0.15) is 0 Å². The molecular formula is C14H18N2O2. The Hall–Kier alpha value is -2.02. The molecule has 0 spiro atoms. The minimum Gasteiger partial charge on any atom is -0.481 e. The van der Waals surface area contributed by atoms with E-state index in [1.54, 1.807) is 0 Å². The van der Waals surface area contributed by atoms with E-state index in [0.29, 0.717) is 19.4 Å². The lowest BCUT2D eigenvalue weighted by Crippen LogP contribution is -2.24. The highest BCUT2D eigenvalue weighted by atomic mass is 16.4. The number of carboxylic acids is 1. The van der Waals surface area contributed by atoms with Crippen molar-refractivity contribution in [2.24, 2.45) is 0 Å². The second-order valence-corrected chi connectivity index (χ2v) is 4.01. The average Bonchev–Trinajstić information content (AvgIpc) is 2.38. The maximum atomic E-state index is 10.6. The molecule has 1 aromatic carbocycles. The summed E-state index contributed by atoms with van der Waals surface area (Å²) in [6.45, 7) is 3.52. The van der Waals surface area contributed by atoms with Gasteiger partial charge in [-0.2, -0.15) is 5.26 Å². The van der Waals surface area contributed by atoms with E-state index >= 15 is 0 Å². The molecule has 96 valence electrons. The van der Waals surface area contributed by atoms with Crippen molar-refractivity contribution >= 4 is 11.7 Å². The number of aliphatic carboxylic acids is 1. The zero-order valence-electron chi connectivity index (χ0n) is 10.6. The van der Waals surface area contributed by atoms with Gasteiger partial charge in [-0.05, 0) is 25.0 Å². The van der Waals surface area contributed by atoms with E-state index in [-0.39, 0.29) is 6.42 Å². The number of nitrogens with zero attached hydrogens (tertiary/aromatic N) is 2. The zero-order valence-corrected chi connectivity index (χ0v) is 10.6. The van der Waals surface area contributed by atoms with Crippen molar-refractivity contribution in [3.63, 3.8) is 0 Å². The summed E-state index contributed by atoms with van der Waals surface area (Å²) >= 11 is 0. The maximum absolute atomic E-state index is 10.6. The molecule has 0 fully saturated rings. The van der Waals surface area contributed by atoms with Crippen LogP contribution in [0.4, 0.5) is 5.69 Å². The van der Waals surface area contributed by atoms with E-state index in [0.717, 1.165) is 17.8 Å². The van der Waals surface area contributed by atoms with Gasteiger partial charge in [0, 0.05) is 25.2 Å². The van der Waals surface area contributed by atoms with Crippen LogP contribution in [0.3, 0.4) is 0 Å². The van der Waals surface area contributed by atoms with Crippen molar-refractivity contribution in [3.05, 3.63) is 29.8 Å². The summed E-state index contributed by atoms with van der Waals surface area (Å²) in [5, 5.41) is 17.4. The molecule has 0 bridgehead atoms. The number of para-hydroxylation sites is 1. The molecular weight excluding hydrogens is 228 g/mol. The predicted molar refractivity (Wildman–Crippen MR) is 70.5 cm³/mol. The quantitative estimate of drug-likeness (QED) is 0.802. The summed E-state index contributed by atoms with van der Waals surface area (Å²) in [4.78, 5) is 12.8. The van der Waals surface area contributed by atoms with Gasteiger partial charge in [-0.3, -0.25) is 4.79 Å². The van der Waals surface area contributed by atoms with E-state index in [2.05, 4.69) is 11.0 Å². The molecule has 0 atom stereocenters. The molecule has 0 amide bonds. The molecule has 4 heteroatoms. The normalized spacial score (nSPS) is 9.78. The summed E-state index contributed by atoms with van der Waals surface area (Å²) in [6, 6.07) is 9.93. The average molecular weight is 246 g/mol. The third kappa shape index (κ3) is 4.10. The van der Waals surface area contributed by atoms with Gasteiger partial charge >= 0.3 is 5.97 Å². The van der Waals surface area contributed by atoms with Crippen molar-refractivity contribution in [2.45, 2.75) is 26.2 Å². The summed E-state index contributed by atoms with van der Waals surface area (Å²) in [5.41, 5.74) is 2.07. The number of hydrogen-bond donors (Lipinski definition) is 1. The SMILES string of the molecule is CCN(CCC#N)c1ccccc1CCC(=O)O. The first-order valence-electron chi connectivity index (χ1n) is 6.10. The van der Waals surface area contributed by atoms with Crippen LogP contribution in [0.5, 0.6) is 0 Å². The molecule has 18 heavy (non-hydrogen) atoms. The van der Waals surface area contributed by atoms with Crippen LogP contribution in [0.25, 0.3) is 0 Å². The predicted octanol–water partition coefficient (Wildman–Crippen LogP) is 2.44. The standard InChI is InChI=1S/C14H18N2O2/c1-2-16(11-5-10-15)13-7-4-3-6-12(13)8-9-14(17)18/h3-4,6-7H,2,5,8-9,11H2,1H3,(H,17,18). The van der Waals surface area contributed by atoms with Gasteiger partial charge < -0.3 is 10.0 Å². The van der Waals surface area contributed by atoms with Crippen molar-refractivity contribution < 1.29 is 9.90 Å². The van der Waals surface area contributed by atoms with Crippen LogP contribution in [0.15, 0.2) is 24.3 Å². The number of hydrogen-bond acceptors (Lipinski definition) is 3. The highest BCUT2D eigenvalue weighted by Crippen LogP contribution is 2.21. The molecule has 0 aliphatic carbocycles. The molecule has 0 aliphatic heterocycles. The highest BCUT2D eigenvalue weighted by Gasteiger charge is 2.10. The number of carbonyl (C=O) groups is 1. The molecule has 0 saturated heterocycles. The van der Waals surface area contributed by atoms with E-state index in [9.17, 15) is 4.79 Å². The largest absolute Gasteiger partial charge is 0.481 e. The Bertz CT molecular complexity index is 438. The number of benzene rings is 1. The van der Waals surface area contributed by atoms with Crippen LogP contribution in [0, 0.1) is 11.3 Å². The summed E-state index contributed by atoms with van der Waals surface area (Å²) in [6.07, 6.45) is 1.13. The summed E-state index contributed by atoms with van der Waals surface area (Å²) in [7, 11) is 0. The van der Waals surface area contributed by atoms with Crippen molar-refractivity contribution in [3.8, 4) is 6.07 Å². The van der Waals surface area contributed by atoms with Crippen LogP contribution in [-0.2, 0) is 11.2 Å². The summed E-state index contributed by atoms with van der Waals surface area (Å²) in [5.74, 6) is -0.787. The lowest BCUT2D eigenvalue weighted by Gasteiger charge is -2.24. The van der Waals surface area contributed by atoms with Gasteiger partial charge in [-0.15, -0.1) is 0 Å². The van der Waals surface area contributed by atoms with Gasteiger partial charge in [0.25, 0.3) is 0 Å². The monoisotopic (exact) mass is 246 g/mol. The Morgan fingerprint density at radius 2 is 2.17 bits per heavy atom. The van der Waals surface area contributed by atoms with E-state index < -0.39 is 5.97 Å². The third-order valence-electron chi connectivity index (χ3n) is 2.82. The Balaban J connectivity index is 2.85. The third-order valence-corrected chi connectivity index (χ3v) is 2.82. The van der Waals surface area contributed by atoms with Crippen molar-refractivity contribution in [1.29, 1.82) is 5.26 Å². The van der Waals surface area contributed by atoms with Crippen molar-refractivity contribution in [2.75, 3.05) is 18.0 Å². The van der Waals surface area contributed by atoms with Crippen molar-refractivity contribution in [1.82, 2.24) is 0 Å². The van der Waals surface area contributed by atoms with Gasteiger partial charge in [0.15, 0.2) is 0 Å². The molecule has 1 N–H and O–H groups in total. The van der Waals surface area contributed by atoms with E-state index in [1.807, 2.05) is 31.2 Å². The molecule has 0 radical (unpaired) electrons. The topological polar surface area (TPSA) is 64.3 Å². The van der Waals surface area contributed by atoms with E-state index in [1.165, 1.54) is 0 Å². The molecule has 0 unspecified atom stereocenters. The van der Waals surface area contributed by atoms with Gasteiger partial charge in [0.05, 0.1) is 12.5 Å². The number of anilines is 1. The summed E-state index contributed by atoms with van der Waals surface area (Å²) < 4.78 is 0. The van der Waals surface area contributed by atoms with Gasteiger partial charge in [-0.25, -0.2) is 0 Å². The fourth-order valence-electron chi connectivity index (χ4n) is 1.91.